The number of likely N-dealkylation sites (tertiary alicyclic amines) is 1. The first kappa shape index (κ1) is 30.2. The SMILES string of the molecule is C=C(CN1CCC(c2cccc(OCc3ccc(C(N)=O)cc3F)n2)CC1)N(C[C@@H]1CCO1)c1cc(C(=O)O)ccc1C. The van der Waals surface area contributed by atoms with Crippen molar-refractivity contribution in [1.29, 1.82) is 0 Å². The Morgan fingerprint density at radius 3 is 2.53 bits per heavy atom. The lowest BCUT2D eigenvalue weighted by atomic mass is 9.93. The highest BCUT2D eigenvalue weighted by Crippen LogP contribution is 2.31. The highest BCUT2D eigenvalue weighted by atomic mass is 19.1. The number of anilines is 1. The van der Waals surface area contributed by atoms with Crippen molar-refractivity contribution < 1.29 is 28.6 Å². The first-order chi connectivity index (χ1) is 20.7. The van der Waals surface area contributed by atoms with Gasteiger partial charge < -0.3 is 25.2 Å². The fourth-order valence-corrected chi connectivity index (χ4v) is 5.50. The Bertz CT molecular complexity index is 1500. The molecular weight excluding hydrogens is 551 g/mol. The van der Waals surface area contributed by atoms with Crippen molar-refractivity contribution in [3.63, 3.8) is 0 Å². The second-order valence-electron chi connectivity index (χ2n) is 11.2. The first-order valence-electron chi connectivity index (χ1n) is 14.5. The van der Waals surface area contributed by atoms with Crippen LogP contribution in [0.25, 0.3) is 0 Å². The Hall–Kier alpha value is -4.28. The molecule has 3 heterocycles. The van der Waals surface area contributed by atoms with Gasteiger partial charge in [0.05, 0.1) is 11.7 Å². The highest BCUT2D eigenvalue weighted by molar-refractivity contribution is 5.92. The van der Waals surface area contributed by atoms with Crippen LogP contribution in [0.1, 0.15) is 62.7 Å². The van der Waals surface area contributed by atoms with Gasteiger partial charge in [-0.15, -0.1) is 0 Å². The zero-order chi connectivity index (χ0) is 30.5. The second-order valence-corrected chi connectivity index (χ2v) is 11.2. The number of amides is 1. The minimum Gasteiger partial charge on any atom is -0.478 e. The summed E-state index contributed by atoms with van der Waals surface area (Å²) in [5.74, 6) is -1.52. The van der Waals surface area contributed by atoms with Crippen molar-refractivity contribution in [2.45, 2.75) is 44.8 Å². The van der Waals surface area contributed by atoms with Gasteiger partial charge >= 0.3 is 5.97 Å². The molecule has 5 rings (SSSR count). The van der Waals surface area contributed by atoms with Gasteiger partial charge in [-0.25, -0.2) is 14.2 Å². The molecule has 2 fully saturated rings. The summed E-state index contributed by atoms with van der Waals surface area (Å²) >= 11 is 0. The number of carboxylic acids is 1. The first-order valence-corrected chi connectivity index (χ1v) is 14.5. The lowest BCUT2D eigenvalue weighted by Crippen LogP contribution is -2.43. The van der Waals surface area contributed by atoms with Crippen molar-refractivity contribution in [2.75, 3.05) is 37.7 Å². The summed E-state index contributed by atoms with van der Waals surface area (Å²) in [5.41, 5.74) is 9.57. The predicted octanol–water partition coefficient (Wildman–Crippen LogP) is 4.89. The number of piperidine rings is 1. The van der Waals surface area contributed by atoms with Crippen LogP contribution in [0, 0.1) is 12.7 Å². The largest absolute Gasteiger partial charge is 0.478 e. The van der Waals surface area contributed by atoms with Crippen molar-refractivity contribution >= 4 is 17.6 Å². The molecule has 0 unspecified atom stereocenters. The van der Waals surface area contributed by atoms with Crippen LogP contribution < -0.4 is 15.4 Å². The van der Waals surface area contributed by atoms with Gasteiger partial charge in [0.25, 0.3) is 0 Å². The molecule has 2 saturated heterocycles. The summed E-state index contributed by atoms with van der Waals surface area (Å²) in [5, 5.41) is 9.56. The van der Waals surface area contributed by atoms with E-state index in [1.165, 1.54) is 12.1 Å². The van der Waals surface area contributed by atoms with Gasteiger partial charge in [0.15, 0.2) is 0 Å². The number of nitrogens with zero attached hydrogens (tertiary/aromatic N) is 3. The molecule has 2 aromatic carbocycles. The van der Waals surface area contributed by atoms with Crippen LogP contribution in [0.2, 0.25) is 0 Å². The lowest BCUT2D eigenvalue weighted by molar-refractivity contribution is -0.0439. The fraction of sp³-hybridized carbons (Fsp3) is 0.364. The van der Waals surface area contributed by atoms with Crippen LogP contribution in [0.4, 0.5) is 10.1 Å². The van der Waals surface area contributed by atoms with Crippen molar-refractivity contribution in [3.05, 3.63) is 101 Å². The Morgan fingerprint density at radius 1 is 1.14 bits per heavy atom. The van der Waals surface area contributed by atoms with Gasteiger partial charge in [0, 0.05) is 59.9 Å². The molecule has 3 N–H and O–H groups in total. The van der Waals surface area contributed by atoms with Gasteiger partial charge in [-0.1, -0.05) is 24.8 Å². The highest BCUT2D eigenvalue weighted by Gasteiger charge is 2.27. The van der Waals surface area contributed by atoms with Crippen LogP contribution in [0.15, 0.2) is 66.9 Å². The van der Waals surface area contributed by atoms with E-state index in [9.17, 15) is 19.1 Å². The minimum absolute atomic E-state index is 0.0148. The summed E-state index contributed by atoms with van der Waals surface area (Å²) in [6.45, 7) is 10.1. The number of halogens is 1. The summed E-state index contributed by atoms with van der Waals surface area (Å²) < 4.78 is 25.9. The second kappa shape index (κ2) is 13.4. The Morgan fingerprint density at radius 2 is 1.88 bits per heavy atom. The van der Waals surface area contributed by atoms with E-state index in [2.05, 4.69) is 16.4 Å². The van der Waals surface area contributed by atoms with E-state index in [0.717, 1.165) is 67.7 Å². The molecule has 0 saturated carbocycles. The molecule has 10 heteroatoms. The third-order valence-electron chi connectivity index (χ3n) is 8.18. The van der Waals surface area contributed by atoms with E-state index >= 15 is 0 Å². The van der Waals surface area contributed by atoms with Crippen LogP contribution in [0.5, 0.6) is 5.88 Å². The number of rotatable bonds is 12. The number of primary amides is 1. The summed E-state index contributed by atoms with van der Waals surface area (Å²) in [7, 11) is 0. The molecule has 226 valence electrons. The standard InChI is InChI=1S/C33H37FN4O5/c1-21-6-7-25(33(40)41)17-30(21)38(19-27-12-15-42-27)22(2)18-37-13-10-23(11-14-37)29-4-3-5-31(36-29)43-20-26-9-8-24(32(35)39)16-28(26)34/h3-9,16-17,23,27H,2,10-15,18-20H2,1H3,(H2,35,39)(H,40,41)/t27-/m0/s1. The van der Waals surface area contributed by atoms with Crippen molar-refractivity contribution in [1.82, 2.24) is 9.88 Å². The zero-order valence-corrected chi connectivity index (χ0v) is 24.3. The normalized spacial score (nSPS) is 17.2. The molecule has 9 nitrogen and oxygen atoms in total. The number of carboxylic acid groups (broad SMARTS) is 1. The van der Waals surface area contributed by atoms with E-state index in [1.807, 2.05) is 25.1 Å². The summed E-state index contributed by atoms with van der Waals surface area (Å²) in [6, 6.07) is 14.9. The molecular formula is C33H37FN4O5. The van der Waals surface area contributed by atoms with Crippen molar-refractivity contribution in [2.24, 2.45) is 5.73 Å². The van der Waals surface area contributed by atoms with E-state index in [0.29, 0.717) is 24.5 Å². The number of nitrogens with two attached hydrogens (primary N) is 1. The van der Waals surface area contributed by atoms with Gasteiger partial charge in [0.1, 0.15) is 12.4 Å². The number of pyridine rings is 1. The molecule has 2 aliphatic heterocycles. The zero-order valence-electron chi connectivity index (χ0n) is 24.3. The maximum atomic E-state index is 14.4. The lowest BCUT2D eigenvalue weighted by Gasteiger charge is -2.38. The average molecular weight is 589 g/mol. The molecule has 3 aromatic rings. The quantitative estimate of drug-likeness (QED) is 0.307. The number of aromatic nitrogens is 1. The fourth-order valence-electron chi connectivity index (χ4n) is 5.50. The molecule has 0 bridgehead atoms. The van der Waals surface area contributed by atoms with Gasteiger partial charge in [-0.05, 0) is 75.2 Å². The summed E-state index contributed by atoms with van der Waals surface area (Å²) in [4.78, 5) is 32.1. The van der Waals surface area contributed by atoms with E-state index < -0.39 is 17.7 Å². The van der Waals surface area contributed by atoms with Gasteiger partial charge in [0.2, 0.25) is 11.8 Å². The molecule has 1 atom stereocenters. The summed E-state index contributed by atoms with van der Waals surface area (Å²) in [6.07, 6.45) is 2.89. The Labute approximate surface area is 250 Å². The number of aryl methyl sites for hydroxylation is 1. The Balaban J connectivity index is 1.19. The van der Waals surface area contributed by atoms with E-state index in [-0.39, 0.29) is 29.8 Å². The smallest absolute Gasteiger partial charge is 0.335 e. The minimum atomic E-state index is -0.956. The van der Waals surface area contributed by atoms with E-state index in [1.54, 1.807) is 18.2 Å². The third kappa shape index (κ3) is 7.39. The topological polar surface area (TPSA) is 118 Å². The molecule has 1 aromatic heterocycles. The number of carbonyl (C=O) groups excluding carboxylic acids is 1. The molecule has 43 heavy (non-hydrogen) atoms. The number of ether oxygens (including phenoxy) is 2. The van der Waals surface area contributed by atoms with Gasteiger partial charge in [-0.2, -0.15) is 0 Å². The molecule has 0 radical (unpaired) electrons. The number of hydrogen-bond donors (Lipinski definition) is 2. The number of carbonyl (C=O) groups is 2. The maximum Gasteiger partial charge on any atom is 0.335 e. The van der Waals surface area contributed by atoms with Crippen LogP contribution in [-0.4, -0.2) is 65.8 Å². The molecule has 2 aliphatic rings. The molecule has 0 spiro atoms. The predicted molar refractivity (Wildman–Crippen MR) is 161 cm³/mol. The van der Waals surface area contributed by atoms with Crippen molar-refractivity contribution in [3.8, 4) is 5.88 Å². The number of benzene rings is 2. The van der Waals surface area contributed by atoms with Gasteiger partial charge in [-0.3, -0.25) is 9.69 Å². The third-order valence-corrected chi connectivity index (χ3v) is 8.18. The van der Waals surface area contributed by atoms with Crippen LogP contribution in [-0.2, 0) is 11.3 Å². The number of aromatic carboxylic acids is 1. The van der Waals surface area contributed by atoms with E-state index in [4.69, 9.17) is 20.2 Å². The van der Waals surface area contributed by atoms with Crippen LogP contribution >= 0.6 is 0 Å². The van der Waals surface area contributed by atoms with Crippen LogP contribution in [0.3, 0.4) is 0 Å². The monoisotopic (exact) mass is 588 g/mol. The average Bonchev–Trinajstić information content (AvgIpc) is 2.97. The number of hydrogen-bond acceptors (Lipinski definition) is 7. The molecule has 1 amide bonds. The molecule has 0 aliphatic carbocycles. The Kier molecular flexibility index (Phi) is 9.37. The maximum absolute atomic E-state index is 14.4.